The van der Waals surface area contributed by atoms with E-state index in [0.29, 0.717) is 6.04 Å². The Morgan fingerprint density at radius 3 is 3.06 bits per heavy atom. The summed E-state index contributed by atoms with van der Waals surface area (Å²) in [7, 11) is 0. The molecule has 0 amide bonds. The molecule has 0 bridgehead atoms. The van der Waals surface area contributed by atoms with E-state index in [4.69, 9.17) is 0 Å². The van der Waals surface area contributed by atoms with E-state index in [1.165, 1.54) is 24.9 Å². The molecule has 1 aliphatic rings. The van der Waals surface area contributed by atoms with Crippen LogP contribution in [0, 0.1) is 0 Å². The minimum absolute atomic E-state index is 0.649. The van der Waals surface area contributed by atoms with Gasteiger partial charge < -0.3 is 9.88 Å². The first-order chi connectivity index (χ1) is 8.83. The molecule has 3 rings (SSSR count). The molecule has 18 heavy (non-hydrogen) atoms. The molecule has 1 atom stereocenters. The largest absolute Gasteiger partial charge is 0.314 e. The fourth-order valence-electron chi connectivity index (χ4n) is 2.50. The van der Waals surface area contributed by atoms with Gasteiger partial charge in [0.25, 0.3) is 0 Å². The highest BCUT2D eigenvalue weighted by Gasteiger charge is 2.14. The SMILES string of the molecule is Brc1cc(CC2CCCN2)ccc1-n1ccnc1. The monoisotopic (exact) mass is 305 g/mol. The van der Waals surface area contributed by atoms with Gasteiger partial charge in [-0.2, -0.15) is 0 Å². The van der Waals surface area contributed by atoms with Crippen molar-refractivity contribution in [2.45, 2.75) is 25.3 Å². The Balaban J connectivity index is 1.80. The van der Waals surface area contributed by atoms with Crippen molar-refractivity contribution in [3.63, 3.8) is 0 Å². The van der Waals surface area contributed by atoms with Gasteiger partial charge in [-0.3, -0.25) is 0 Å². The lowest BCUT2D eigenvalue weighted by Crippen LogP contribution is -2.23. The first-order valence-corrected chi connectivity index (χ1v) is 7.12. The van der Waals surface area contributed by atoms with Gasteiger partial charge in [-0.15, -0.1) is 0 Å². The zero-order chi connectivity index (χ0) is 12.4. The Hall–Kier alpha value is -1.13. The third-order valence-corrected chi connectivity index (χ3v) is 4.07. The van der Waals surface area contributed by atoms with E-state index in [-0.39, 0.29) is 0 Å². The number of imidazole rings is 1. The van der Waals surface area contributed by atoms with Crippen molar-refractivity contribution < 1.29 is 0 Å². The molecule has 1 aliphatic heterocycles. The maximum absolute atomic E-state index is 4.08. The number of rotatable bonds is 3. The molecule has 1 unspecified atom stereocenters. The van der Waals surface area contributed by atoms with Crippen molar-refractivity contribution in [3.05, 3.63) is 47.0 Å². The molecule has 1 fully saturated rings. The highest BCUT2D eigenvalue weighted by atomic mass is 79.9. The minimum atomic E-state index is 0.649. The summed E-state index contributed by atoms with van der Waals surface area (Å²) in [5.41, 5.74) is 2.51. The molecule has 94 valence electrons. The van der Waals surface area contributed by atoms with Crippen molar-refractivity contribution in [2.24, 2.45) is 0 Å². The summed E-state index contributed by atoms with van der Waals surface area (Å²) in [6, 6.07) is 7.22. The van der Waals surface area contributed by atoms with Gasteiger partial charge in [0.1, 0.15) is 0 Å². The van der Waals surface area contributed by atoms with Crippen LogP contribution in [0.2, 0.25) is 0 Å². The third-order valence-electron chi connectivity index (χ3n) is 3.44. The molecular formula is C14H16BrN3. The zero-order valence-electron chi connectivity index (χ0n) is 10.1. The van der Waals surface area contributed by atoms with Gasteiger partial charge in [0.05, 0.1) is 12.0 Å². The lowest BCUT2D eigenvalue weighted by molar-refractivity contribution is 0.603. The summed E-state index contributed by atoms with van der Waals surface area (Å²) in [5, 5.41) is 3.54. The molecule has 4 heteroatoms. The van der Waals surface area contributed by atoms with E-state index in [2.05, 4.69) is 44.4 Å². The van der Waals surface area contributed by atoms with Crippen molar-refractivity contribution in [1.82, 2.24) is 14.9 Å². The van der Waals surface area contributed by atoms with Gasteiger partial charge in [0.2, 0.25) is 0 Å². The van der Waals surface area contributed by atoms with Crippen LogP contribution in [-0.2, 0) is 6.42 Å². The second-order valence-electron chi connectivity index (χ2n) is 4.75. The molecule has 0 radical (unpaired) electrons. The van der Waals surface area contributed by atoms with E-state index >= 15 is 0 Å². The number of nitrogens with one attached hydrogen (secondary N) is 1. The third kappa shape index (κ3) is 2.49. The van der Waals surface area contributed by atoms with Gasteiger partial charge in [0, 0.05) is 22.9 Å². The predicted molar refractivity (Wildman–Crippen MR) is 76.0 cm³/mol. The van der Waals surface area contributed by atoms with Crippen LogP contribution in [0.25, 0.3) is 5.69 Å². The maximum Gasteiger partial charge on any atom is 0.0992 e. The minimum Gasteiger partial charge on any atom is -0.314 e. The smallest absolute Gasteiger partial charge is 0.0992 e. The van der Waals surface area contributed by atoms with Crippen molar-refractivity contribution in [3.8, 4) is 5.69 Å². The lowest BCUT2D eigenvalue weighted by atomic mass is 10.0. The molecule has 3 nitrogen and oxygen atoms in total. The van der Waals surface area contributed by atoms with Gasteiger partial charge in [-0.25, -0.2) is 4.98 Å². The van der Waals surface area contributed by atoms with E-state index in [1.807, 2.05) is 17.1 Å². The van der Waals surface area contributed by atoms with Crippen LogP contribution >= 0.6 is 15.9 Å². The maximum atomic E-state index is 4.08. The Kier molecular flexibility index (Phi) is 3.48. The molecule has 0 aliphatic carbocycles. The summed E-state index contributed by atoms with van der Waals surface area (Å²) < 4.78 is 3.14. The van der Waals surface area contributed by atoms with Crippen LogP contribution in [0.5, 0.6) is 0 Å². The Labute approximate surface area is 115 Å². The van der Waals surface area contributed by atoms with Gasteiger partial charge >= 0.3 is 0 Å². The van der Waals surface area contributed by atoms with Crippen LogP contribution in [-0.4, -0.2) is 22.1 Å². The van der Waals surface area contributed by atoms with Gasteiger partial charge in [-0.1, -0.05) is 6.07 Å². The van der Waals surface area contributed by atoms with Crippen LogP contribution in [0.1, 0.15) is 18.4 Å². The van der Waals surface area contributed by atoms with Gasteiger partial charge in [-0.05, 0) is 59.4 Å². The van der Waals surface area contributed by atoms with E-state index in [9.17, 15) is 0 Å². The van der Waals surface area contributed by atoms with Crippen LogP contribution < -0.4 is 5.32 Å². The summed E-state index contributed by atoms with van der Waals surface area (Å²) in [4.78, 5) is 4.08. The first kappa shape index (κ1) is 11.9. The fourth-order valence-corrected chi connectivity index (χ4v) is 3.13. The fraction of sp³-hybridized carbons (Fsp3) is 0.357. The normalized spacial score (nSPS) is 19.3. The summed E-state index contributed by atoms with van der Waals surface area (Å²) in [6.45, 7) is 1.17. The molecule has 1 saturated heterocycles. The number of hydrogen-bond donors (Lipinski definition) is 1. The molecule has 1 aromatic heterocycles. The molecule has 0 spiro atoms. The number of halogens is 1. The summed E-state index contributed by atoms with van der Waals surface area (Å²) in [6.07, 6.45) is 9.28. The van der Waals surface area contributed by atoms with Crippen LogP contribution in [0.4, 0.5) is 0 Å². The summed E-state index contributed by atoms with van der Waals surface area (Å²) >= 11 is 3.65. The molecule has 1 aromatic carbocycles. The lowest BCUT2D eigenvalue weighted by Gasteiger charge is -2.12. The number of nitrogens with zero attached hydrogens (tertiary/aromatic N) is 2. The highest BCUT2D eigenvalue weighted by Crippen LogP contribution is 2.23. The van der Waals surface area contributed by atoms with E-state index in [1.54, 1.807) is 6.20 Å². The van der Waals surface area contributed by atoms with Crippen molar-refractivity contribution >= 4 is 15.9 Å². The van der Waals surface area contributed by atoms with E-state index < -0.39 is 0 Å². The van der Waals surface area contributed by atoms with Gasteiger partial charge in [0.15, 0.2) is 0 Å². The summed E-state index contributed by atoms with van der Waals surface area (Å²) in [5.74, 6) is 0. The molecular weight excluding hydrogens is 290 g/mol. The van der Waals surface area contributed by atoms with Crippen LogP contribution in [0.15, 0.2) is 41.4 Å². The average Bonchev–Trinajstić information content (AvgIpc) is 3.01. The van der Waals surface area contributed by atoms with E-state index in [0.717, 1.165) is 16.6 Å². The van der Waals surface area contributed by atoms with Crippen molar-refractivity contribution in [1.29, 1.82) is 0 Å². The second-order valence-corrected chi connectivity index (χ2v) is 5.61. The Morgan fingerprint density at radius 1 is 1.44 bits per heavy atom. The number of hydrogen-bond acceptors (Lipinski definition) is 2. The highest BCUT2D eigenvalue weighted by molar-refractivity contribution is 9.10. The standard InChI is InChI=1S/C14H16BrN3/c15-13-9-11(8-12-2-1-5-17-12)3-4-14(13)18-7-6-16-10-18/h3-4,6-7,9-10,12,17H,1-2,5,8H2. The molecule has 1 N–H and O–H groups in total. The Morgan fingerprint density at radius 2 is 2.39 bits per heavy atom. The molecule has 0 saturated carbocycles. The first-order valence-electron chi connectivity index (χ1n) is 6.33. The average molecular weight is 306 g/mol. The quantitative estimate of drug-likeness (QED) is 0.945. The van der Waals surface area contributed by atoms with Crippen molar-refractivity contribution in [2.75, 3.05) is 6.54 Å². The molecule has 2 heterocycles. The van der Waals surface area contributed by atoms with Crippen LogP contribution in [0.3, 0.4) is 0 Å². The predicted octanol–water partition coefficient (Wildman–Crippen LogP) is 2.93. The number of benzene rings is 1. The number of aromatic nitrogens is 2. The second kappa shape index (κ2) is 5.24. The molecule has 2 aromatic rings. The zero-order valence-corrected chi connectivity index (χ0v) is 11.7. The topological polar surface area (TPSA) is 29.9 Å². The Bertz CT molecular complexity index is 516.